The lowest BCUT2D eigenvalue weighted by molar-refractivity contribution is -0.129. The van der Waals surface area contributed by atoms with Crippen molar-refractivity contribution in [1.29, 1.82) is 0 Å². The van der Waals surface area contributed by atoms with Crippen LogP contribution in [0.15, 0.2) is 72.0 Å². The summed E-state index contributed by atoms with van der Waals surface area (Å²) in [5.41, 5.74) is 1.43. The molecule has 1 unspecified atom stereocenters. The third-order valence-corrected chi connectivity index (χ3v) is 5.74. The molecule has 2 aromatic carbocycles. The summed E-state index contributed by atoms with van der Waals surface area (Å²) in [6.45, 7) is 3.75. The highest BCUT2D eigenvalue weighted by atomic mass is 16.5. The molecule has 4 rings (SSSR count). The zero-order chi connectivity index (χ0) is 22.5. The molecule has 2 aliphatic heterocycles. The van der Waals surface area contributed by atoms with E-state index in [1.165, 1.54) is 23.1 Å². The molecule has 2 aliphatic rings. The zero-order valence-corrected chi connectivity index (χ0v) is 17.7. The quantitative estimate of drug-likeness (QED) is 0.652. The summed E-state index contributed by atoms with van der Waals surface area (Å²) in [7, 11) is 0. The Kier molecular flexibility index (Phi) is 6.68. The maximum atomic E-state index is 13.1. The summed E-state index contributed by atoms with van der Waals surface area (Å²) in [5.74, 6) is -1.53. The number of amides is 1. The highest BCUT2D eigenvalue weighted by molar-refractivity contribution is 6.14. The van der Waals surface area contributed by atoms with E-state index in [2.05, 4.69) is 4.90 Å². The fourth-order valence-corrected chi connectivity index (χ4v) is 4.08. The second-order valence-electron chi connectivity index (χ2n) is 7.82. The molecule has 0 spiro atoms. The number of ether oxygens (including phenoxy) is 1. The number of rotatable bonds is 7. The van der Waals surface area contributed by atoms with E-state index < -0.39 is 23.5 Å². The largest absolute Gasteiger partial charge is 0.508 e. The first kappa shape index (κ1) is 21.8. The van der Waals surface area contributed by atoms with Gasteiger partial charge in [-0.25, -0.2) is 0 Å². The Morgan fingerprint density at radius 3 is 2.50 bits per heavy atom. The van der Waals surface area contributed by atoms with Crippen LogP contribution in [0, 0.1) is 0 Å². The summed E-state index contributed by atoms with van der Waals surface area (Å²) in [6, 6.07) is 15.0. The SMILES string of the molecule is O=C(/C=C/c1ccccc1)C1=C(O)C(=O)N(CCN2CCOCC2)C1c1cccc(O)c1. The fraction of sp³-hybridized carbons (Fsp3) is 0.280. The van der Waals surface area contributed by atoms with Crippen molar-refractivity contribution in [3.63, 3.8) is 0 Å². The van der Waals surface area contributed by atoms with Crippen LogP contribution in [0.4, 0.5) is 0 Å². The predicted molar refractivity (Wildman–Crippen MR) is 120 cm³/mol. The second kappa shape index (κ2) is 9.80. The predicted octanol–water partition coefficient (Wildman–Crippen LogP) is 2.70. The lowest BCUT2D eigenvalue weighted by Gasteiger charge is -2.31. The molecule has 2 N–H and O–H groups in total. The van der Waals surface area contributed by atoms with Crippen LogP contribution in [0.1, 0.15) is 17.2 Å². The molecule has 0 radical (unpaired) electrons. The average molecular weight is 434 g/mol. The minimum absolute atomic E-state index is 0.0229. The molecular weight excluding hydrogens is 408 g/mol. The molecule has 1 amide bonds. The summed E-state index contributed by atoms with van der Waals surface area (Å²) >= 11 is 0. The highest BCUT2D eigenvalue weighted by Gasteiger charge is 2.42. The van der Waals surface area contributed by atoms with Gasteiger partial charge in [-0.2, -0.15) is 0 Å². The Morgan fingerprint density at radius 2 is 1.78 bits per heavy atom. The van der Waals surface area contributed by atoms with Crippen molar-refractivity contribution in [2.24, 2.45) is 0 Å². The lowest BCUT2D eigenvalue weighted by Crippen LogP contribution is -2.43. The van der Waals surface area contributed by atoms with Crippen molar-refractivity contribution in [3.8, 4) is 5.75 Å². The number of aliphatic hydroxyl groups is 1. The van der Waals surface area contributed by atoms with E-state index in [4.69, 9.17) is 4.74 Å². The van der Waals surface area contributed by atoms with Gasteiger partial charge >= 0.3 is 0 Å². The normalized spacial score (nSPS) is 19.8. The molecule has 0 saturated carbocycles. The zero-order valence-electron chi connectivity index (χ0n) is 17.7. The molecule has 0 bridgehead atoms. The number of phenols is 1. The first-order chi connectivity index (χ1) is 15.5. The van der Waals surface area contributed by atoms with Crippen molar-refractivity contribution in [2.75, 3.05) is 39.4 Å². The van der Waals surface area contributed by atoms with Gasteiger partial charge in [-0.15, -0.1) is 0 Å². The number of morpholine rings is 1. The van der Waals surface area contributed by atoms with Gasteiger partial charge < -0.3 is 19.8 Å². The van der Waals surface area contributed by atoms with Crippen LogP contribution in [0.25, 0.3) is 6.08 Å². The Labute approximate surface area is 186 Å². The number of aliphatic hydroxyl groups excluding tert-OH is 1. The molecular formula is C25H26N2O5. The van der Waals surface area contributed by atoms with Gasteiger partial charge in [-0.05, 0) is 29.3 Å². The molecule has 0 aliphatic carbocycles. The number of ketones is 1. The van der Waals surface area contributed by atoms with E-state index in [1.807, 2.05) is 30.3 Å². The number of carbonyl (C=O) groups is 2. The minimum atomic E-state index is -0.774. The standard InChI is InChI=1S/C25H26N2O5/c28-20-8-4-7-19(17-20)23-22(21(29)10-9-18-5-2-1-3-6-18)24(30)25(31)27(23)12-11-26-13-15-32-16-14-26/h1-10,17,23,28,30H,11-16H2/b10-9+. The van der Waals surface area contributed by atoms with E-state index in [0.29, 0.717) is 31.9 Å². The number of allylic oxidation sites excluding steroid dienone is 1. The monoisotopic (exact) mass is 434 g/mol. The van der Waals surface area contributed by atoms with Crippen LogP contribution >= 0.6 is 0 Å². The first-order valence-electron chi connectivity index (χ1n) is 10.6. The number of benzene rings is 2. The van der Waals surface area contributed by atoms with Crippen LogP contribution in [0.5, 0.6) is 5.75 Å². The summed E-state index contributed by atoms with van der Waals surface area (Å²) < 4.78 is 5.37. The van der Waals surface area contributed by atoms with Crippen molar-refractivity contribution < 1.29 is 24.5 Å². The fourth-order valence-electron chi connectivity index (χ4n) is 4.08. The molecule has 1 atom stereocenters. The number of aromatic hydroxyl groups is 1. The number of nitrogens with zero attached hydrogens (tertiary/aromatic N) is 2. The van der Waals surface area contributed by atoms with Crippen molar-refractivity contribution >= 4 is 17.8 Å². The minimum Gasteiger partial charge on any atom is -0.508 e. The van der Waals surface area contributed by atoms with E-state index in [9.17, 15) is 19.8 Å². The summed E-state index contributed by atoms with van der Waals surface area (Å²) in [4.78, 5) is 29.8. The van der Waals surface area contributed by atoms with E-state index in [-0.39, 0.29) is 11.3 Å². The third kappa shape index (κ3) is 4.74. The van der Waals surface area contributed by atoms with Crippen LogP contribution < -0.4 is 0 Å². The molecule has 1 fully saturated rings. The topological polar surface area (TPSA) is 90.3 Å². The molecule has 166 valence electrons. The van der Waals surface area contributed by atoms with Crippen molar-refractivity contribution in [3.05, 3.63) is 83.1 Å². The molecule has 7 nitrogen and oxygen atoms in total. The van der Waals surface area contributed by atoms with E-state index in [0.717, 1.165) is 18.7 Å². The van der Waals surface area contributed by atoms with Crippen molar-refractivity contribution in [1.82, 2.24) is 9.80 Å². The smallest absolute Gasteiger partial charge is 0.290 e. The van der Waals surface area contributed by atoms with E-state index >= 15 is 0 Å². The Balaban J connectivity index is 1.62. The van der Waals surface area contributed by atoms with Gasteiger partial charge in [-0.1, -0.05) is 48.5 Å². The molecule has 2 aromatic rings. The Morgan fingerprint density at radius 1 is 1.03 bits per heavy atom. The Bertz CT molecular complexity index is 1040. The number of hydrogen-bond acceptors (Lipinski definition) is 6. The number of carbonyl (C=O) groups excluding carboxylic acids is 2. The first-order valence-corrected chi connectivity index (χ1v) is 10.6. The maximum absolute atomic E-state index is 13.1. The van der Waals surface area contributed by atoms with Gasteiger partial charge in [0.05, 0.1) is 24.8 Å². The van der Waals surface area contributed by atoms with Gasteiger partial charge in [0.2, 0.25) is 0 Å². The van der Waals surface area contributed by atoms with Gasteiger partial charge in [-0.3, -0.25) is 14.5 Å². The molecule has 2 heterocycles. The molecule has 1 saturated heterocycles. The van der Waals surface area contributed by atoms with Crippen molar-refractivity contribution in [2.45, 2.75) is 6.04 Å². The van der Waals surface area contributed by atoms with E-state index in [1.54, 1.807) is 18.2 Å². The lowest BCUT2D eigenvalue weighted by atomic mass is 9.95. The highest BCUT2D eigenvalue weighted by Crippen LogP contribution is 2.38. The van der Waals surface area contributed by atoms with Crippen LogP contribution in [-0.4, -0.2) is 71.1 Å². The Hall–Kier alpha value is -3.42. The molecule has 32 heavy (non-hydrogen) atoms. The average Bonchev–Trinajstić information content (AvgIpc) is 3.07. The third-order valence-electron chi connectivity index (χ3n) is 5.74. The van der Waals surface area contributed by atoms with Gasteiger partial charge in [0, 0.05) is 26.2 Å². The number of hydrogen-bond donors (Lipinski definition) is 2. The maximum Gasteiger partial charge on any atom is 0.290 e. The number of phenolic OH excluding ortho intramolecular Hbond substituents is 1. The second-order valence-corrected chi connectivity index (χ2v) is 7.82. The molecule has 0 aromatic heterocycles. The van der Waals surface area contributed by atoms with Crippen LogP contribution in [-0.2, 0) is 14.3 Å². The summed E-state index contributed by atoms with van der Waals surface area (Å²) in [5, 5.41) is 20.7. The van der Waals surface area contributed by atoms with Crippen LogP contribution in [0.3, 0.4) is 0 Å². The van der Waals surface area contributed by atoms with Gasteiger partial charge in [0.1, 0.15) is 5.75 Å². The van der Waals surface area contributed by atoms with Crippen LogP contribution in [0.2, 0.25) is 0 Å². The summed E-state index contributed by atoms with van der Waals surface area (Å²) in [6.07, 6.45) is 3.03. The van der Waals surface area contributed by atoms with Gasteiger partial charge in [0.25, 0.3) is 5.91 Å². The molecule has 7 heteroatoms. The van der Waals surface area contributed by atoms with Gasteiger partial charge in [0.15, 0.2) is 11.5 Å².